The van der Waals surface area contributed by atoms with Crippen LogP contribution in [0.2, 0.25) is 0 Å². The first-order valence-electron chi connectivity index (χ1n) is 8.82. The van der Waals surface area contributed by atoms with E-state index in [2.05, 4.69) is 46.4 Å². The summed E-state index contributed by atoms with van der Waals surface area (Å²) in [5.74, 6) is -0.0281. The Morgan fingerprint density at radius 3 is 2.68 bits per heavy atom. The molecule has 0 saturated carbocycles. The van der Waals surface area contributed by atoms with E-state index in [1.165, 1.54) is 16.9 Å². The third-order valence-electron chi connectivity index (χ3n) is 4.43. The van der Waals surface area contributed by atoms with Crippen LogP contribution in [-0.2, 0) is 11.2 Å². The molecule has 1 amide bonds. The van der Waals surface area contributed by atoms with Crippen molar-refractivity contribution in [1.82, 2.24) is 15.2 Å². The second kappa shape index (κ2) is 8.56. The third kappa shape index (κ3) is 4.66. The lowest BCUT2D eigenvalue weighted by molar-refractivity contribution is 0.0383. The molecular formula is C19H25N3O2S. The fraction of sp³-hybridized carbons (Fsp3) is 0.474. The maximum Gasteiger partial charge on any atom is 0.263 e. The number of morpholine rings is 1. The maximum atomic E-state index is 12.5. The van der Waals surface area contributed by atoms with Crippen LogP contribution in [0.25, 0.3) is 10.6 Å². The van der Waals surface area contributed by atoms with Crippen molar-refractivity contribution in [2.45, 2.75) is 20.3 Å². The van der Waals surface area contributed by atoms with Crippen LogP contribution in [0.5, 0.6) is 0 Å². The van der Waals surface area contributed by atoms with Gasteiger partial charge in [-0.3, -0.25) is 9.69 Å². The van der Waals surface area contributed by atoms with Gasteiger partial charge >= 0.3 is 0 Å². The molecule has 6 heteroatoms. The summed E-state index contributed by atoms with van der Waals surface area (Å²) < 4.78 is 5.34. The van der Waals surface area contributed by atoms with Crippen LogP contribution in [0, 0.1) is 6.92 Å². The molecule has 0 unspecified atom stereocenters. The topological polar surface area (TPSA) is 54.5 Å². The molecule has 134 valence electrons. The summed E-state index contributed by atoms with van der Waals surface area (Å²) in [6.07, 6.45) is 1.02. The number of aryl methyl sites for hydroxylation is 2. The van der Waals surface area contributed by atoms with Crippen molar-refractivity contribution in [3.63, 3.8) is 0 Å². The van der Waals surface area contributed by atoms with E-state index in [4.69, 9.17) is 4.74 Å². The molecule has 2 heterocycles. The highest BCUT2D eigenvalue weighted by Gasteiger charge is 2.17. The molecule has 0 bridgehead atoms. The minimum absolute atomic E-state index is 0.0281. The van der Waals surface area contributed by atoms with Gasteiger partial charge in [-0.1, -0.05) is 31.2 Å². The molecule has 1 N–H and O–H groups in total. The zero-order chi connectivity index (χ0) is 17.6. The SMILES string of the molecule is CCc1ccc(-c2nc(C)c(C(=O)NCCN3CCOCC3)s2)cc1. The molecule has 25 heavy (non-hydrogen) atoms. The molecule has 0 radical (unpaired) electrons. The number of benzene rings is 1. The van der Waals surface area contributed by atoms with E-state index in [9.17, 15) is 4.79 Å². The predicted octanol–water partition coefficient (Wildman–Crippen LogP) is 2.74. The van der Waals surface area contributed by atoms with Crippen LogP contribution in [0.1, 0.15) is 27.9 Å². The Labute approximate surface area is 153 Å². The third-order valence-corrected chi connectivity index (χ3v) is 5.63. The standard InChI is InChI=1S/C19H25N3O2S/c1-3-15-4-6-16(7-5-15)19-21-14(2)17(25-19)18(23)20-8-9-22-10-12-24-13-11-22/h4-7H,3,8-13H2,1-2H3,(H,20,23). The van der Waals surface area contributed by atoms with E-state index in [1.807, 2.05) is 6.92 Å². The van der Waals surface area contributed by atoms with Crippen molar-refractivity contribution >= 4 is 17.2 Å². The van der Waals surface area contributed by atoms with Gasteiger partial charge in [0.15, 0.2) is 0 Å². The Kier molecular flexibility index (Phi) is 6.18. The summed E-state index contributed by atoms with van der Waals surface area (Å²) in [4.78, 5) is 20.1. The van der Waals surface area contributed by atoms with Gasteiger partial charge in [0, 0.05) is 31.7 Å². The fourth-order valence-electron chi connectivity index (χ4n) is 2.85. The number of aromatic nitrogens is 1. The van der Waals surface area contributed by atoms with E-state index in [-0.39, 0.29) is 5.91 Å². The minimum Gasteiger partial charge on any atom is -0.379 e. The van der Waals surface area contributed by atoms with E-state index < -0.39 is 0 Å². The van der Waals surface area contributed by atoms with E-state index in [0.717, 1.165) is 55.5 Å². The average Bonchev–Trinajstić information content (AvgIpc) is 3.04. The molecule has 0 aliphatic carbocycles. The second-order valence-electron chi connectivity index (χ2n) is 6.19. The van der Waals surface area contributed by atoms with Gasteiger partial charge in [-0.2, -0.15) is 0 Å². The lowest BCUT2D eigenvalue weighted by atomic mass is 10.1. The maximum absolute atomic E-state index is 12.5. The Hall–Kier alpha value is -1.76. The Balaban J connectivity index is 1.59. The molecule has 2 aromatic rings. The van der Waals surface area contributed by atoms with Gasteiger partial charge in [0.05, 0.1) is 18.9 Å². The number of carbonyl (C=O) groups excluding carboxylic acids is 1. The van der Waals surface area contributed by atoms with Gasteiger partial charge in [-0.05, 0) is 18.9 Å². The summed E-state index contributed by atoms with van der Waals surface area (Å²) in [6, 6.07) is 8.40. The lowest BCUT2D eigenvalue weighted by Gasteiger charge is -2.26. The number of hydrogen-bond acceptors (Lipinski definition) is 5. The van der Waals surface area contributed by atoms with E-state index >= 15 is 0 Å². The van der Waals surface area contributed by atoms with Crippen molar-refractivity contribution in [3.8, 4) is 10.6 Å². The molecule has 5 nitrogen and oxygen atoms in total. The molecular weight excluding hydrogens is 334 g/mol. The zero-order valence-electron chi connectivity index (χ0n) is 14.9. The van der Waals surface area contributed by atoms with Crippen molar-refractivity contribution < 1.29 is 9.53 Å². The van der Waals surface area contributed by atoms with Crippen LogP contribution in [-0.4, -0.2) is 55.2 Å². The molecule has 0 atom stereocenters. The molecule has 1 aromatic heterocycles. The number of nitrogens with one attached hydrogen (secondary N) is 1. The molecule has 1 aliphatic heterocycles. The lowest BCUT2D eigenvalue weighted by Crippen LogP contribution is -2.41. The minimum atomic E-state index is -0.0281. The number of ether oxygens (including phenoxy) is 1. The van der Waals surface area contributed by atoms with Crippen molar-refractivity contribution in [2.24, 2.45) is 0 Å². The molecule has 1 saturated heterocycles. The molecule has 1 fully saturated rings. The number of thiazole rings is 1. The Bertz CT molecular complexity index is 706. The van der Waals surface area contributed by atoms with Gasteiger partial charge in [-0.15, -0.1) is 11.3 Å². The smallest absolute Gasteiger partial charge is 0.263 e. The van der Waals surface area contributed by atoms with Crippen molar-refractivity contribution in [3.05, 3.63) is 40.4 Å². The highest BCUT2D eigenvalue weighted by molar-refractivity contribution is 7.17. The number of rotatable bonds is 6. The zero-order valence-corrected chi connectivity index (χ0v) is 15.7. The fourth-order valence-corrected chi connectivity index (χ4v) is 3.83. The number of carbonyl (C=O) groups is 1. The van der Waals surface area contributed by atoms with Crippen LogP contribution in [0.15, 0.2) is 24.3 Å². The summed E-state index contributed by atoms with van der Waals surface area (Å²) in [7, 11) is 0. The van der Waals surface area contributed by atoms with Crippen LogP contribution < -0.4 is 5.32 Å². The van der Waals surface area contributed by atoms with Gasteiger partial charge < -0.3 is 10.1 Å². The quantitative estimate of drug-likeness (QED) is 0.862. The first-order chi connectivity index (χ1) is 12.2. The molecule has 1 aromatic carbocycles. The Morgan fingerprint density at radius 2 is 2.00 bits per heavy atom. The first-order valence-corrected chi connectivity index (χ1v) is 9.64. The van der Waals surface area contributed by atoms with Crippen LogP contribution in [0.3, 0.4) is 0 Å². The van der Waals surface area contributed by atoms with E-state index in [0.29, 0.717) is 11.4 Å². The monoisotopic (exact) mass is 359 g/mol. The van der Waals surface area contributed by atoms with Gasteiger partial charge in [0.25, 0.3) is 5.91 Å². The number of nitrogens with zero attached hydrogens (tertiary/aromatic N) is 2. The van der Waals surface area contributed by atoms with Crippen LogP contribution >= 0.6 is 11.3 Å². The van der Waals surface area contributed by atoms with Crippen molar-refractivity contribution in [1.29, 1.82) is 0 Å². The number of hydrogen-bond donors (Lipinski definition) is 1. The number of amides is 1. The average molecular weight is 359 g/mol. The molecule has 1 aliphatic rings. The highest BCUT2D eigenvalue weighted by atomic mass is 32.1. The van der Waals surface area contributed by atoms with Gasteiger partial charge in [0.2, 0.25) is 0 Å². The van der Waals surface area contributed by atoms with Gasteiger partial charge in [-0.25, -0.2) is 4.98 Å². The normalized spacial score (nSPS) is 15.3. The predicted molar refractivity (Wildman–Crippen MR) is 101 cm³/mol. The molecule has 3 rings (SSSR count). The van der Waals surface area contributed by atoms with Crippen molar-refractivity contribution in [2.75, 3.05) is 39.4 Å². The van der Waals surface area contributed by atoms with Gasteiger partial charge in [0.1, 0.15) is 9.88 Å². The largest absolute Gasteiger partial charge is 0.379 e. The summed E-state index contributed by atoms with van der Waals surface area (Å²) in [5, 5.41) is 3.92. The van der Waals surface area contributed by atoms with Crippen LogP contribution in [0.4, 0.5) is 0 Å². The molecule has 0 spiro atoms. The summed E-state index contributed by atoms with van der Waals surface area (Å²) >= 11 is 1.46. The second-order valence-corrected chi connectivity index (χ2v) is 7.19. The summed E-state index contributed by atoms with van der Waals surface area (Å²) in [6.45, 7) is 8.99. The Morgan fingerprint density at radius 1 is 1.28 bits per heavy atom. The summed E-state index contributed by atoms with van der Waals surface area (Å²) in [5.41, 5.74) is 3.17. The first kappa shape index (κ1) is 18.0. The highest BCUT2D eigenvalue weighted by Crippen LogP contribution is 2.28. The van der Waals surface area contributed by atoms with E-state index in [1.54, 1.807) is 0 Å².